The first-order chi connectivity index (χ1) is 9.65. The Bertz CT molecular complexity index is 602. The van der Waals surface area contributed by atoms with Gasteiger partial charge in [0, 0.05) is 5.56 Å². The molecule has 1 aromatic heterocycles. The van der Waals surface area contributed by atoms with Crippen LogP contribution in [0.3, 0.4) is 0 Å². The van der Waals surface area contributed by atoms with Crippen LogP contribution in [0, 0.1) is 0 Å². The number of primary amides is 1. The van der Waals surface area contributed by atoms with Gasteiger partial charge in [-0.25, -0.2) is 0 Å². The summed E-state index contributed by atoms with van der Waals surface area (Å²) >= 11 is 1.19. The Balaban J connectivity index is 1.97. The molecule has 0 aliphatic heterocycles. The standard InChI is InChI=1S/C13H12N4O2S/c14-10(18)8-20-12-7-6-11(16-17-12)15-13(19)9-4-2-1-3-5-9/h1-7H,8H2,(H2,14,18)(H,15,16,19). The minimum absolute atomic E-state index is 0.143. The predicted molar refractivity (Wildman–Crippen MR) is 76.3 cm³/mol. The van der Waals surface area contributed by atoms with Crippen molar-refractivity contribution in [3.8, 4) is 0 Å². The molecule has 0 aliphatic carbocycles. The van der Waals surface area contributed by atoms with Gasteiger partial charge in [-0.15, -0.1) is 10.2 Å². The highest BCUT2D eigenvalue weighted by Crippen LogP contribution is 2.15. The maximum absolute atomic E-state index is 11.9. The van der Waals surface area contributed by atoms with E-state index in [1.54, 1.807) is 36.4 Å². The van der Waals surface area contributed by atoms with Crippen LogP contribution in [0.1, 0.15) is 10.4 Å². The van der Waals surface area contributed by atoms with Crippen LogP contribution in [-0.2, 0) is 4.79 Å². The van der Waals surface area contributed by atoms with E-state index >= 15 is 0 Å². The number of hydrogen-bond donors (Lipinski definition) is 2. The zero-order valence-electron chi connectivity index (χ0n) is 10.4. The van der Waals surface area contributed by atoms with Gasteiger partial charge in [-0.1, -0.05) is 30.0 Å². The molecule has 3 N–H and O–H groups in total. The molecule has 0 spiro atoms. The highest BCUT2D eigenvalue weighted by Gasteiger charge is 2.07. The van der Waals surface area contributed by atoms with Crippen LogP contribution in [0.15, 0.2) is 47.5 Å². The van der Waals surface area contributed by atoms with Crippen LogP contribution in [-0.4, -0.2) is 27.8 Å². The number of amides is 2. The van der Waals surface area contributed by atoms with Crippen LogP contribution in [0.25, 0.3) is 0 Å². The van der Waals surface area contributed by atoms with E-state index in [4.69, 9.17) is 5.73 Å². The summed E-state index contributed by atoms with van der Waals surface area (Å²) in [5, 5.41) is 11.0. The lowest BCUT2D eigenvalue weighted by Crippen LogP contribution is -2.14. The SMILES string of the molecule is NC(=O)CSc1ccc(NC(=O)c2ccccc2)nn1. The molecule has 2 amide bonds. The smallest absolute Gasteiger partial charge is 0.256 e. The topological polar surface area (TPSA) is 98.0 Å². The van der Waals surface area contributed by atoms with E-state index in [1.165, 1.54) is 11.8 Å². The molecule has 102 valence electrons. The van der Waals surface area contributed by atoms with Crippen LogP contribution in [0.4, 0.5) is 5.82 Å². The van der Waals surface area contributed by atoms with Crippen molar-refractivity contribution in [3.63, 3.8) is 0 Å². The van der Waals surface area contributed by atoms with Crippen molar-refractivity contribution >= 4 is 29.4 Å². The number of carbonyl (C=O) groups excluding carboxylic acids is 2. The van der Waals surface area contributed by atoms with Crippen molar-refractivity contribution in [2.75, 3.05) is 11.1 Å². The molecule has 0 aliphatic rings. The van der Waals surface area contributed by atoms with E-state index in [-0.39, 0.29) is 11.7 Å². The predicted octanol–water partition coefficient (Wildman–Crippen LogP) is 1.31. The number of nitrogens with one attached hydrogen (secondary N) is 1. The molecule has 1 aromatic carbocycles. The van der Waals surface area contributed by atoms with Crippen molar-refractivity contribution in [2.45, 2.75) is 5.03 Å². The van der Waals surface area contributed by atoms with Crippen molar-refractivity contribution in [2.24, 2.45) is 5.73 Å². The average molecular weight is 288 g/mol. The summed E-state index contributed by atoms with van der Waals surface area (Å²) in [6.45, 7) is 0. The molecule has 20 heavy (non-hydrogen) atoms. The first-order valence-corrected chi connectivity index (χ1v) is 6.75. The third-order valence-electron chi connectivity index (χ3n) is 2.28. The van der Waals surface area contributed by atoms with Gasteiger partial charge < -0.3 is 11.1 Å². The zero-order chi connectivity index (χ0) is 14.4. The molecule has 0 atom stereocenters. The summed E-state index contributed by atoms with van der Waals surface area (Å²) in [6.07, 6.45) is 0. The van der Waals surface area contributed by atoms with Crippen LogP contribution in [0.5, 0.6) is 0 Å². The first-order valence-electron chi connectivity index (χ1n) is 5.76. The van der Waals surface area contributed by atoms with Gasteiger partial charge in [-0.2, -0.15) is 0 Å². The lowest BCUT2D eigenvalue weighted by atomic mass is 10.2. The molecule has 7 heteroatoms. The number of anilines is 1. The minimum atomic E-state index is -0.418. The Labute approximate surface area is 119 Å². The molecule has 0 radical (unpaired) electrons. The summed E-state index contributed by atoms with van der Waals surface area (Å²) < 4.78 is 0. The number of rotatable bonds is 5. The average Bonchev–Trinajstić information content (AvgIpc) is 2.47. The Hall–Kier alpha value is -2.41. The van der Waals surface area contributed by atoms with Crippen LogP contribution < -0.4 is 11.1 Å². The molecule has 0 fully saturated rings. The first kappa shape index (κ1) is 14.0. The molecule has 2 aromatic rings. The second-order valence-electron chi connectivity index (χ2n) is 3.83. The monoisotopic (exact) mass is 288 g/mol. The lowest BCUT2D eigenvalue weighted by Gasteiger charge is -2.04. The van der Waals surface area contributed by atoms with E-state index in [1.807, 2.05) is 6.07 Å². The van der Waals surface area contributed by atoms with Gasteiger partial charge in [-0.3, -0.25) is 9.59 Å². The molecule has 6 nitrogen and oxygen atoms in total. The highest BCUT2D eigenvalue weighted by atomic mass is 32.2. The summed E-state index contributed by atoms with van der Waals surface area (Å²) in [6, 6.07) is 12.1. The van der Waals surface area contributed by atoms with Gasteiger partial charge in [0.1, 0.15) is 5.03 Å². The van der Waals surface area contributed by atoms with Gasteiger partial charge in [-0.05, 0) is 24.3 Å². The third-order valence-corrected chi connectivity index (χ3v) is 3.22. The number of benzene rings is 1. The normalized spacial score (nSPS) is 10.0. The van der Waals surface area contributed by atoms with Crippen LogP contribution >= 0.6 is 11.8 Å². The van der Waals surface area contributed by atoms with E-state index in [2.05, 4.69) is 15.5 Å². The van der Waals surface area contributed by atoms with Crippen molar-refractivity contribution < 1.29 is 9.59 Å². The number of hydrogen-bond acceptors (Lipinski definition) is 5. The van der Waals surface area contributed by atoms with Gasteiger partial charge in [0.25, 0.3) is 5.91 Å². The quantitative estimate of drug-likeness (QED) is 0.808. The third kappa shape index (κ3) is 4.06. The van der Waals surface area contributed by atoms with Gasteiger partial charge in [0.2, 0.25) is 5.91 Å². The fraction of sp³-hybridized carbons (Fsp3) is 0.0769. The van der Waals surface area contributed by atoms with E-state index in [9.17, 15) is 9.59 Å². The molecule has 2 rings (SSSR count). The number of thioether (sulfide) groups is 1. The second-order valence-corrected chi connectivity index (χ2v) is 4.83. The summed E-state index contributed by atoms with van der Waals surface area (Å²) in [7, 11) is 0. The Morgan fingerprint density at radius 3 is 2.45 bits per heavy atom. The van der Waals surface area contributed by atoms with E-state index < -0.39 is 5.91 Å². The molecule has 1 heterocycles. The Morgan fingerprint density at radius 1 is 1.10 bits per heavy atom. The Morgan fingerprint density at radius 2 is 1.85 bits per heavy atom. The molecule has 0 saturated carbocycles. The number of nitrogens with zero attached hydrogens (tertiary/aromatic N) is 2. The van der Waals surface area contributed by atoms with Gasteiger partial charge >= 0.3 is 0 Å². The fourth-order valence-electron chi connectivity index (χ4n) is 1.39. The number of nitrogens with two attached hydrogens (primary N) is 1. The number of aromatic nitrogens is 2. The fourth-order valence-corrected chi connectivity index (χ4v) is 1.94. The summed E-state index contributed by atoms with van der Waals surface area (Å²) in [5.74, 6) is -0.178. The number of carbonyl (C=O) groups is 2. The largest absolute Gasteiger partial charge is 0.369 e. The molecular formula is C13H12N4O2S. The van der Waals surface area contributed by atoms with Crippen molar-refractivity contribution in [1.82, 2.24) is 10.2 Å². The van der Waals surface area contributed by atoms with Gasteiger partial charge in [0.15, 0.2) is 5.82 Å². The molecule has 0 saturated heterocycles. The molecule has 0 bridgehead atoms. The zero-order valence-corrected chi connectivity index (χ0v) is 11.3. The van der Waals surface area contributed by atoms with E-state index in [0.29, 0.717) is 16.4 Å². The minimum Gasteiger partial charge on any atom is -0.369 e. The maximum atomic E-state index is 11.9. The highest BCUT2D eigenvalue weighted by molar-refractivity contribution is 7.99. The van der Waals surface area contributed by atoms with Gasteiger partial charge in [0.05, 0.1) is 5.75 Å². The Kier molecular flexibility index (Phi) is 4.67. The summed E-state index contributed by atoms with van der Waals surface area (Å²) in [5.41, 5.74) is 5.58. The van der Waals surface area contributed by atoms with Crippen molar-refractivity contribution in [1.29, 1.82) is 0 Å². The second kappa shape index (κ2) is 6.67. The lowest BCUT2D eigenvalue weighted by molar-refractivity contribution is -0.115. The van der Waals surface area contributed by atoms with E-state index in [0.717, 1.165) is 0 Å². The summed E-state index contributed by atoms with van der Waals surface area (Å²) in [4.78, 5) is 22.5. The van der Waals surface area contributed by atoms with Crippen molar-refractivity contribution in [3.05, 3.63) is 48.0 Å². The molecular weight excluding hydrogens is 276 g/mol. The maximum Gasteiger partial charge on any atom is 0.256 e. The van der Waals surface area contributed by atoms with Crippen LogP contribution in [0.2, 0.25) is 0 Å². The molecule has 0 unspecified atom stereocenters.